The van der Waals surface area contributed by atoms with Crippen LogP contribution in [0.5, 0.6) is 17.2 Å². The van der Waals surface area contributed by atoms with Gasteiger partial charge in [0.15, 0.2) is 17.1 Å². The zero-order valence-electron chi connectivity index (χ0n) is 21.5. The van der Waals surface area contributed by atoms with E-state index < -0.39 is 5.97 Å². The Balaban J connectivity index is 1.62. The second-order valence-electron chi connectivity index (χ2n) is 9.87. The molecule has 0 radical (unpaired) electrons. The predicted molar refractivity (Wildman–Crippen MR) is 136 cm³/mol. The van der Waals surface area contributed by atoms with Gasteiger partial charge < -0.3 is 23.8 Å². The molecule has 0 saturated heterocycles. The zero-order chi connectivity index (χ0) is 25.4. The second kappa shape index (κ2) is 12.0. The van der Waals surface area contributed by atoms with Gasteiger partial charge in [0.2, 0.25) is 0 Å². The molecule has 2 aromatic carbocycles. The van der Waals surface area contributed by atoms with E-state index in [0.717, 1.165) is 47.2 Å². The topological polar surface area (TPSA) is 91.0 Å². The van der Waals surface area contributed by atoms with Gasteiger partial charge in [0.25, 0.3) is 0 Å². The SMILES string of the molecule is CCCc1c(OCCCOc2ccc(CC(=O)O)cc2OCC)ccc2c(CC(C)(C)C)noc12. The molecular formula is C28H37NO6. The van der Waals surface area contributed by atoms with Crippen molar-refractivity contribution in [3.8, 4) is 17.2 Å². The van der Waals surface area contributed by atoms with Gasteiger partial charge in [0, 0.05) is 17.4 Å². The number of benzene rings is 2. The number of ether oxygens (including phenoxy) is 3. The maximum atomic E-state index is 11.0. The van der Waals surface area contributed by atoms with E-state index in [9.17, 15) is 4.79 Å². The number of aliphatic carboxylic acids is 1. The Morgan fingerprint density at radius 2 is 1.71 bits per heavy atom. The maximum absolute atomic E-state index is 11.0. The molecule has 0 amide bonds. The van der Waals surface area contributed by atoms with Crippen LogP contribution in [0.25, 0.3) is 11.0 Å². The molecule has 0 saturated carbocycles. The van der Waals surface area contributed by atoms with Crippen LogP contribution in [-0.2, 0) is 24.1 Å². The summed E-state index contributed by atoms with van der Waals surface area (Å²) in [7, 11) is 0. The Morgan fingerprint density at radius 3 is 2.37 bits per heavy atom. The van der Waals surface area contributed by atoms with Crippen molar-refractivity contribution in [2.24, 2.45) is 5.41 Å². The highest BCUT2D eigenvalue weighted by atomic mass is 16.5. The standard InChI is InChI=1S/C28H37NO6/c1-6-9-21-23(13-11-20-22(18-28(3,4)5)29-35-27(20)21)33-14-8-15-34-24-12-10-19(17-26(30)31)16-25(24)32-7-2/h10-13,16H,6-9,14-15,17-18H2,1-5H3,(H,30,31). The summed E-state index contributed by atoms with van der Waals surface area (Å²) in [4.78, 5) is 11.0. The average Bonchev–Trinajstić information content (AvgIpc) is 3.17. The number of hydrogen-bond donors (Lipinski definition) is 1. The zero-order valence-corrected chi connectivity index (χ0v) is 21.5. The monoisotopic (exact) mass is 483 g/mol. The van der Waals surface area contributed by atoms with Gasteiger partial charge in [-0.25, -0.2) is 0 Å². The lowest BCUT2D eigenvalue weighted by molar-refractivity contribution is -0.136. The van der Waals surface area contributed by atoms with Crippen LogP contribution in [0, 0.1) is 5.41 Å². The quantitative estimate of drug-likeness (QED) is 0.288. The van der Waals surface area contributed by atoms with Crippen molar-refractivity contribution in [2.75, 3.05) is 19.8 Å². The summed E-state index contributed by atoms with van der Waals surface area (Å²) in [6.07, 6.45) is 3.31. The molecule has 0 aliphatic rings. The van der Waals surface area contributed by atoms with E-state index in [2.05, 4.69) is 32.9 Å². The van der Waals surface area contributed by atoms with E-state index in [1.54, 1.807) is 18.2 Å². The van der Waals surface area contributed by atoms with Crippen LogP contribution in [0.4, 0.5) is 0 Å². The van der Waals surface area contributed by atoms with Crippen molar-refractivity contribution in [3.05, 3.63) is 47.2 Å². The summed E-state index contributed by atoms with van der Waals surface area (Å²) in [6.45, 7) is 12.0. The Bertz CT molecular complexity index is 1130. The smallest absolute Gasteiger partial charge is 0.307 e. The largest absolute Gasteiger partial charge is 0.493 e. The number of hydrogen-bond acceptors (Lipinski definition) is 6. The van der Waals surface area contributed by atoms with Crippen molar-refractivity contribution < 1.29 is 28.6 Å². The third kappa shape index (κ3) is 7.38. The van der Waals surface area contributed by atoms with Crippen LogP contribution in [-0.4, -0.2) is 36.1 Å². The molecule has 0 aliphatic heterocycles. The molecule has 190 valence electrons. The molecule has 0 atom stereocenters. The molecule has 0 unspecified atom stereocenters. The third-order valence-corrected chi connectivity index (χ3v) is 5.44. The molecule has 3 aromatic rings. The van der Waals surface area contributed by atoms with Gasteiger partial charge in [-0.1, -0.05) is 45.3 Å². The lowest BCUT2D eigenvalue weighted by Crippen LogP contribution is -2.09. The average molecular weight is 484 g/mol. The van der Waals surface area contributed by atoms with Gasteiger partial charge in [0.1, 0.15) is 5.75 Å². The molecule has 7 nitrogen and oxygen atoms in total. The highest BCUT2D eigenvalue weighted by molar-refractivity contribution is 5.84. The third-order valence-electron chi connectivity index (χ3n) is 5.44. The normalized spacial score (nSPS) is 11.6. The number of carbonyl (C=O) groups is 1. The molecule has 0 bridgehead atoms. The van der Waals surface area contributed by atoms with Crippen molar-refractivity contribution in [1.29, 1.82) is 0 Å². The first kappa shape index (κ1) is 26.4. The molecule has 0 aliphatic carbocycles. The van der Waals surface area contributed by atoms with E-state index in [1.165, 1.54) is 0 Å². The van der Waals surface area contributed by atoms with Crippen molar-refractivity contribution in [2.45, 2.75) is 66.7 Å². The minimum Gasteiger partial charge on any atom is -0.493 e. The second-order valence-corrected chi connectivity index (χ2v) is 9.87. The van der Waals surface area contributed by atoms with E-state index in [1.807, 2.05) is 19.1 Å². The van der Waals surface area contributed by atoms with Crippen LogP contribution in [0.1, 0.15) is 64.3 Å². The Morgan fingerprint density at radius 1 is 1.00 bits per heavy atom. The van der Waals surface area contributed by atoms with Crippen LogP contribution >= 0.6 is 0 Å². The number of carboxylic acids is 1. The van der Waals surface area contributed by atoms with Gasteiger partial charge >= 0.3 is 5.97 Å². The van der Waals surface area contributed by atoms with Crippen LogP contribution in [0.15, 0.2) is 34.9 Å². The van der Waals surface area contributed by atoms with E-state index in [0.29, 0.717) is 43.3 Å². The molecule has 1 aromatic heterocycles. The molecule has 3 rings (SSSR count). The highest BCUT2D eigenvalue weighted by Gasteiger charge is 2.20. The fourth-order valence-corrected chi connectivity index (χ4v) is 3.99. The first-order valence-electron chi connectivity index (χ1n) is 12.3. The minimum absolute atomic E-state index is 0.0540. The number of aromatic nitrogens is 1. The van der Waals surface area contributed by atoms with Crippen molar-refractivity contribution in [3.63, 3.8) is 0 Å². The summed E-state index contributed by atoms with van der Waals surface area (Å²) in [6, 6.07) is 9.30. The molecule has 0 spiro atoms. The summed E-state index contributed by atoms with van der Waals surface area (Å²) >= 11 is 0. The van der Waals surface area contributed by atoms with Crippen LogP contribution in [0.3, 0.4) is 0 Å². The summed E-state index contributed by atoms with van der Waals surface area (Å²) in [5.74, 6) is 1.10. The lowest BCUT2D eigenvalue weighted by atomic mass is 9.89. The van der Waals surface area contributed by atoms with Gasteiger partial charge in [0.05, 0.1) is 31.9 Å². The van der Waals surface area contributed by atoms with Gasteiger partial charge in [-0.15, -0.1) is 0 Å². The molecular weight excluding hydrogens is 446 g/mol. The summed E-state index contributed by atoms with van der Waals surface area (Å²) in [5, 5.41) is 14.4. The molecule has 7 heteroatoms. The number of fused-ring (bicyclic) bond motifs is 1. The van der Waals surface area contributed by atoms with E-state index in [-0.39, 0.29) is 11.8 Å². The summed E-state index contributed by atoms with van der Waals surface area (Å²) in [5.41, 5.74) is 3.68. The molecule has 35 heavy (non-hydrogen) atoms. The van der Waals surface area contributed by atoms with Gasteiger partial charge in [-0.3, -0.25) is 4.79 Å². The number of rotatable bonds is 13. The number of carboxylic acid groups (broad SMARTS) is 1. The Kier molecular flexibility index (Phi) is 9.01. The fraction of sp³-hybridized carbons (Fsp3) is 0.500. The first-order chi connectivity index (χ1) is 16.7. The number of nitrogens with zero attached hydrogens (tertiary/aromatic N) is 1. The molecule has 0 fully saturated rings. The first-order valence-corrected chi connectivity index (χ1v) is 12.3. The lowest BCUT2D eigenvalue weighted by Gasteiger charge is -2.16. The summed E-state index contributed by atoms with van der Waals surface area (Å²) < 4.78 is 23.4. The Hall–Kier alpha value is -3.22. The van der Waals surface area contributed by atoms with Gasteiger partial charge in [-0.2, -0.15) is 0 Å². The number of aryl methyl sites for hydroxylation is 1. The molecule has 1 N–H and O–H groups in total. The highest BCUT2D eigenvalue weighted by Crippen LogP contribution is 2.34. The Labute approximate surface area is 207 Å². The maximum Gasteiger partial charge on any atom is 0.307 e. The van der Waals surface area contributed by atoms with Crippen LogP contribution < -0.4 is 14.2 Å². The van der Waals surface area contributed by atoms with E-state index >= 15 is 0 Å². The van der Waals surface area contributed by atoms with E-state index in [4.69, 9.17) is 23.8 Å². The predicted octanol–water partition coefficient (Wildman–Crippen LogP) is 6.24. The van der Waals surface area contributed by atoms with Crippen LogP contribution in [0.2, 0.25) is 0 Å². The van der Waals surface area contributed by atoms with Gasteiger partial charge in [-0.05, 0) is 55.0 Å². The van der Waals surface area contributed by atoms with Crippen molar-refractivity contribution >= 4 is 16.9 Å². The minimum atomic E-state index is -0.880. The van der Waals surface area contributed by atoms with Crippen molar-refractivity contribution in [1.82, 2.24) is 5.16 Å². The fourth-order valence-electron chi connectivity index (χ4n) is 3.99. The molecule has 1 heterocycles.